The van der Waals surface area contributed by atoms with Crippen LogP contribution in [-0.4, -0.2) is 11.6 Å². The lowest BCUT2D eigenvalue weighted by atomic mass is 10.0. The number of unbranched alkanes of at least 4 members (excludes halogenated alkanes) is 1. The summed E-state index contributed by atoms with van der Waals surface area (Å²) >= 11 is 0. The van der Waals surface area contributed by atoms with Crippen LogP contribution in [-0.2, 0) is 9.59 Å². The molecule has 0 amide bonds. The lowest BCUT2D eigenvalue weighted by Crippen LogP contribution is -2.06. The van der Waals surface area contributed by atoms with Crippen molar-refractivity contribution in [2.24, 2.45) is 5.92 Å². The molecule has 0 atom stereocenters. The SMILES string of the molecule is CCC(=O)CCCCC(=O)C(C)C. The van der Waals surface area contributed by atoms with Crippen molar-refractivity contribution < 1.29 is 9.59 Å². The van der Waals surface area contributed by atoms with E-state index in [0.29, 0.717) is 30.8 Å². The van der Waals surface area contributed by atoms with E-state index in [1.165, 1.54) is 0 Å². The summed E-state index contributed by atoms with van der Waals surface area (Å²) in [5, 5.41) is 0. The molecule has 0 aromatic carbocycles. The zero-order valence-corrected chi connectivity index (χ0v) is 8.93. The number of rotatable bonds is 7. The summed E-state index contributed by atoms with van der Waals surface area (Å²) in [6.07, 6.45) is 3.63. The predicted octanol–water partition coefficient (Wildman–Crippen LogP) is 2.75. The monoisotopic (exact) mass is 184 g/mol. The van der Waals surface area contributed by atoms with Gasteiger partial charge >= 0.3 is 0 Å². The standard InChI is InChI=1S/C11H20O2/c1-4-10(12)7-5-6-8-11(13)9(2)3/h9H,4-8H2,1-3H3. The summed E-state index contributed by atoms with van der Waals surface area (Å²) in [5.74, 6) is 0.753. The maximum atomic E-state index is 11.2. The Kier molecular flexibility index (Phi) is 6.47. The molecule has 0 saturated carbocycles. The minimum Gasteiger partial charge on any atom is -0.300 e. The van der Waals surface area contributed by atoms with Crippen LogP contribution in [0.25, 0.3) is 0 Å². The summed E-state index contributed by atoms with van der Waals surface area (Å²) in [7, 11) is 0. The Morgan fingerprint density at radius 2 is 1.62 bits per heavy atom. The summed E-state index contributed by atoms with van der Waals surface area (Å²) < 4.78 is 0. The van der Waals surface area contributed by atoms with E-state index in [9.17, 15) is 9.59 Å². The van der Waals surface area contributed by atoms with Crippen LogP contribution in [0.3, 0.4) is 0 Å². The van der Waals surface area contributed by atoms with Gasteiger partial charge in [-0.05, 0) is 12.8 Å². The molecular formula is C11H20O2. The molecule has 0 unspecified atom stereocenters. The first-order chi connectivity index (χ1) is 6.07. The first-order valence-electron chi connectivity index (χ1n) is 5.12. The minimum absolute atomic E-state index is 0.141. The van der Waals surface area contributed by atoms with Crippen molar-refractivity contribution in [2.75, 3.05) is 0 Å². The zero-order valence-electron chi connectivity index (χ0n) is 8.93. The Bertz CT molecular complexity index is 171. The number of hydrogen-bond donors (Lipinski definition) is 0. The Balaban J connectivity index is 3.36. The molecule has 0 fully saturated rings. The van der Waals surface area contributed by atoms with Crippen molar-refractivity contribution in [3.63, 3.8) is 0 Å². The van der Waals surface area contributed by atoms with Gasteiger partial charge in [-0.1, -0.05) is 20.8 Å². The Morgan fingerprint density at radius 3 is 2.08 bits per heavy atom. The van der Waals surface area contributed by atoms with Gasteiger partial charge in [-0.3, -0.25) is 9.59 Å². The van der Waals surface area contributed by atoms with E-state index in [0.717, 1.165) is 12.8 Å². The van der Waals surface area contributed by atoms with E-state index in [2.05, 4.69) is 0 Å². The molecule has 0 radical (unpaired) electrons. The molecule has 76 valence electrons. The van der Waals surface area contributed by atoms with Crippen molar-refractivity contribution in [3.05, 3.63) is 0 Å². The molecule has 0 rings (SSSR count). The quantitative estimate of drug-likeness (QED) is 0.570. The van der Waals surface area contributed by atoms with Crippen LogP contribution in [0.2, 0.25) is 0 Å². The molecule has 0 aromatic heterocycles. The van der Waals surface area contributed by atoms with Crippen LogP contribution in [0.15, 0.2) is 0 Å². The summed E-state index contributed by atoms with van der Waals surface area (Å²) in [5.41, 5.74) is 0. The van der Waals surface area contributed by atoms with E-state index >= 15 is 0 Å². The molecule has 0 heterocycles. The van der Waals surface area contributed by atoms with E-state index in [1.807, 2.05) is 20.8 Å². The van der Waals surface area contributed by atoms with Crippen molar-refractivity contribution in [1.29, 1.82) is 0 Å². The first kappa shape index (κ1) is 12.3. The molecule has 13 heavy (non-hydrogen) atoms. The van der Waals surface area contributed by atoms with Gasteiger partial charge in [0.1, 0.15) is 11.6 Å². The summed E-state index contributed by atoms with van der Waals surface area (Å²) in [6.45, 7) is 5.71. The van der Waals surface area contributed by atoms with E-state index in [1.54, 1.807) is 0 Å². The fourth-order valence-electron chi connectivity index (χ4n) is 1.09. The van der Waals surface area contributed by atoms with Crippen LogP contribution >= 0.6 is 0 Å². The molecule has 0 aliphatic rings. The second-order valence-corrected chi connectivity index (χ2v) is 3.72. The summed E-state index contributed by atoms with van der Waals surface area (Å²) in [6, 6.07) is 0. The maximum Gasteiger partial charge on any atom is 0.135 e. The number of carbonyl (C=O) groups excluding carboxylic acids is 2. The lowest BCUT2D eigenvalue weighted by molar-refractivity contribution is -0.122. The highest BCUT2D eigenvalue weighted by atomic mass is 16.1. The molecule has 0 saturated heterocycles. The predicted molar refractivity (Wildman–Crippen MR) is 53.6 cm³/mol. The van der Waals surface area contributed by atoms with Gasteiger partial charge in [-0.15, -0.1) is 0 Å². The van der Waals surface area contributed by atoms with Gasteiger partial charge in [0, 0.05) is 25.2 Å². The average Bonchev–Trinajstić information content (AvgIpc) is 2.11. The number of Topliss-reactive ketones (excluding diaryl/α,β-unsaturated/α-hetero) is 2. The Hall–Kier alpha value is -0.660. The fourth-order valence-corrected chi connectivity index (χ4v) is 1.09. The van der Waals surface area contributed by atoms with Gasteiger partial charge in [0.15, 0.2) is 0 Å². The van der Waals surface area contributed by atoms with Crippen LogP contribution in [0.5, 0.6) is 0 Å². The normalized spacial score (nSPS) is 10.5. The Labute approximate surface area is 80.7 Å². The van der Waals surface area contributed by atoms with Crippen LogP contribution in [0.4, 0.5) is 0 Å². The van der Waals surface area contributed by atoms with E-state index in [4.69, 9.17) is 0 Å². The van der Waals surface area contributed by atoms with Crippen molar-refractivity contribution in [1.82, 2.24) is 0 Å². The molecule has 0 aromatic rings. The highest BCUT2D eigenvalue weighted by Crippen LogP contribution is 2.06. The molecule has 0 aliphatic heterocycles. The smallest absolute Gasteiger partial charge is 0.135 e. The van der Waals surface area contributed by atoms with Gasteiger partial charge in [0.05, 0.1) is 0 Å². The maximum absolute atomic E-state index is 11.2. The van der Waals surface area contributed by atoms with E-state index < -0.39 is 0 Å². The average molecular weight is 184 g/mol. The third-order valence-corrected chi connectivity index (χ3v) is 2.17. The highest BCUT2D eigenvalue weighted by Gasteiger charge is 2.06. The fraction of sp³-hybridized carbons (Fsp3) is 0.818. The van der Waals surface area contributed by atoms with Gasteiger partial charge < -0.3 is 0 Å². The lowest BCUT2D eigenvalue weighted by Gasteiger charge is -2.02. The zero-order chi connectivity index (χ0) is 10.3. The largest absolute Gasteiger partial charge is 0.300 e. The van der Waals surface area contributed by atoms with Gasteiger partial charge in [0.25, 0.3) is 0 Å². The third-order valence-electron chi connectivity index (χ3n) is 2.17. The Morgan fingerprint density at radius 1 is 1.08 bits per heavy atom. The van der Waals surface area contributed by atoms with Crippen LogP contribution in [0, 0.1) is 5.92 Å². The minimum atomic E-state index is 0.141. The van der Waals surface area contributed by atoms with Crippen molar-refractivity contribution in [2.45, 2.75) is 52.9 Å². The topological polar surface area (TPSA) is 34.1 Å². The molecule has 2 nitrogen and oxygen atoms in total. The van der Waals surface area contributed by atoms with Gasteiger partial charge in [-0.2, -0.15) is 0 Å². The number of carbonyl (C=O) groups is 2. The molecule has 2 heteroatoms. The van der Waals surface area contributed by atoms with Crippen molar-refractivity contribution in [3.8, 4) is 0 Å². The van der Waals surface area contributed by atoms with Gasteiger partial charge in [-0.25, -0.2) is 0 Å². The summed E-state index contributed by atoms with van der Waals surface area (Å²) in [4.78, 5) is 22.1. The molecular weight excluding hydrogens is 164 g/mol. The van der Waals surface area contributed by atoms with E-state index in [-0.39, 0.29) is 5.92 Å². The molecule has 0 spiro atoms. The second kappa shape index (κ2) is 6.81. The van der Waals surface area contributed by atoms with Crippen LogP contribution in [0.1, 0.15) is 52.9 Å². The van der Waals surface area contributed by atoms with Crippen LogP contribution < -0.4 is 0 Å². The third kappa shape index (κ3) is 6.50. The van der Waals surface area contributed by atoms with Gasteiger partial charge in [0.2, 0.25) is 0 Å². The molecule has 0 N–H and O–H groups in total. The second-order valence-electron chi connectivity index (χ2n) is 3.72. The molecule has 0 bridgehead atoms. The number of hydrogen-bond acceptors (Lipinski definition) is 2. The highest BCUT2D eigenvalue weighted by molar-refractivity contribution is 5.80. The van der Waals surface area contributed by atoms with Crippen molar-refractivity contribution >= 4 is 11.6 Å². The molecule has 0 aliphatic carbocycles. The number of ketones is 2. The first-order valence-corrected chi connectivity index (χ1v) is 5.12.